The van der Waals surface area contributed by atoms with Gasteiger partial charge in [0.15, 0.2) is 0 Å². The summed E-state index contributed by atoms with van der Waals surface area (Å²) in [6, 6.07) is 21.2. The van der Waals surface area contributed by atoms with E-state index in [9.17, 15) is 18.8 Å². The van der Waals surface area contributed by atoms with Crippen LogP contribution >= 0.6 is 0 Å². The Bertz CT molecular complexity index is 1720. The number of hydrogen-bond acceptors (Lipinski definition) is 4. The molecule has 1 aromatic heterocycles. The van der Waals surface area contributed by atoms with Crippen LogP contribution in [-0.2, 0) is 29.2 Å². The second-order valence-electron chi connectivity index (χ2n) is 10.7. The van der Waals surface area contributed by atoms with E-state index in [1.165, 1.54) is 24.1 Å². The van der Waals surface area contributed by atoms with Gasteiger partial charge in [-0.25, -0.2) is 9.18 Å². The minimum atomic E-state index is -0.594. The maximum absolute atomic E-state index is 15.0. The van der Waals surface area contributed by atoms with E-state index in [-0.39, 0.29) is 43.7 Å². The van der Waals surface area contributed by atoms with E-state index in [2.05, 4.69) is 9.88 Å². The predicted octanol–water partition coefficient (Wildman–Crippen LogP) is 4.85. The third-order valence-corrected chi connectivity index (χ3v) is 8.02. The van der Waals surface area contributed by atoms with Crippen molar-refractivity contribution in [2.75, 3.05) is 41.5 Å². The Hall–Kier alpha value is -4.96. The minimum absolute atomic E-state index is 0.0530. The molecule has 4 aromatic rings. The first kappa shape index (κ1) is 28.2. The number of halogens is 1. The number of ether oxygens (including phenoxy) is 1. The zero-order chi connectivity index (χ0) is 30.1. The fraction of sp³-hybridized carbons (Fsp3) is 0.242. The van der Waals surface area contributed by atoms with Gasteiger partial charge >= 0.3 is 6.03 Å². The number of carbonyl (C=O) groups excluding carboxylic acids is 3. The van der Waals surface area contributed by atoms with Gasteiger partial charge in [0.2, 0.25) is 5.91 Å². The summed E-state index contributed by atoms with van der Waals surface area (Å²) in [5.41, 5.74) is 5.54. The van der Waals surface area contributed by atoms with Gasteiger partial charge in [-0.15, -0.1) is 0 Å². The van der Waals surface area contributed by atoms with Gasteiger partial charge in [0.25, 0.3) is 5.91 Å². The van der Waals surface area contributed by atoms with Crippen LogP contribution in [0.3, 0.4) is 0 Å². The normalized spacial score (nSPS) is 14.1. The molecule has 4 amide bonds. The molecule has 0 atom stereocenters. The van der Waals surface area contributed by atoms with Crippen LogP contribution in [0.1, 0.15) is 32.7 Å². The first-order valence-corrected chi connectivity index (χ1v) is 14.1. The molecule has 1 N–H and O–H groups in total. The first-order chi connectivity index (χ1) is 20.9. The van der Waals surface area contributed by atoms with Crippen molar-refractivity contribution in [2.24, 2.45) is 0 Å². The molecule has 0 spiro atoms. The Kier molecular flexibility index (Phi) is 7.69. The van der Waals surface area contributed by atoms with Gasteiger partial charge in [-0.3, -0.25) is 14.5 Å². The Balaban J connectivity index is 1.19. The molecule has 10 heteroatoms. The standard InChI is InChI=1S/C33H32FN5O4/c1-22-17-23(32(41)38-20-26-8-6-14-36(26)19-25-7-3-4-10-28(25)38)12-13-24(22)18-35-33(42)39-21-30(40)37(15-16-43-2)29-11-5-9-27(34)31(29)39/h3-14,17H,15-16,18-21H2,1-2H3,(H,35,42). The fourth-order valence-corrected chi connectivity index (χ4v) is 5.74. The number of para-hydroxylation sites is 2. The molecule has 0 bridgehead atoms. The van der Waals surface area contributed by atoms with Crippen LogP contribution in [-0.4, -0.2) is 49.2 Å². The van der Waals surface area contributed by atoms with E-state index in [1.54, 1.807) is 17.0 Å². The average molecular weight is 582 g/mol. The van der Waals surface area contributed by atoms with Crippen molar-refractivity contribution in [1.29, 1.82) is 0 Å². The summed E-state index contributed by atoms with van der Waals surface area (Å²) >= 11 is 0. The summed E-state index contributed by atoms with van der Waals surface area (Å²) in [4.78, 5) is 44.3. The van der Waals surface area contributed by atoms with Crippen molar-refractivity contribution in [3.05, 3.63) is 113 Å². The molecule has 9 nitrogen and oxygen atoms in total. The average Bonchev–Trinajstić information content (AvgIpc) is 3.38. The molecule has 220 valence electrons. The maximum Gasteiger partial charge on any atom is 0.322 e. The van der Waals surface area contributed by atoms with E-state index >= 15 is 0 Å². The number of aromatic nitrogens is 1. The lowest BCUT2D eigenvalue weighted by Crippen LogP contribution is -2.52. The smallest absolute Gasteiger partial charge is 0.322 e. The lowest BCUT2D eigenvalue weighted by molar-refractivity contribution is -0.117. The lowest BCUT2D eigenvalue weighted by atomic mass is 10.0. The van der Waals surface area contributed by atoms with Crippen molar-refractivity contribution in [1.82, 2.24) is 9.88 Å². The van der Waals surface area contributed by atoms with Crippen LogP contribution in [0.5, 0.6) is 0 Å². The van der Waals surface area contributed by atoms with E-state index < -0.39 is 11.8 Å². The van der Waals surface area contributed by atoms with E-state index in [4.69, 9.17) is 4.74 Å². The van der Waals surface area contributed by atoms with Gasteiger partial charge in [-0.05, 0) is 66.1 Å². The molecule has 2 aliphatic heterocycles. The number of amides is 4. The number of nitrogens with zero attached hydrogens (tertiary/aromatic N) is 4. The van der Waals surface area contributed by atoms with E-state index in [0.29, 0.717) is 24.3 Å². The van der Waals surface area contributed by atoms with Gasteiger partial charge in [-0.2, -0.15) is 0 Å². The zero-order valence-electron chi connectivity index (χ0n) is 24.0. The SMILES string of the molecule is COCCN1C(=O)CN(C(=O)NCc2ccc(C(=O)N3Cc4cccn4Cc4ccccc43)cc2C)c2c(F)cccc21. The Morgan fingerprint density at radius 2 is 1.74 bits per heavy atom. The molecule has 2 aliphatic rings. The highest BCUT2D eigenvalue weighted by Crippen LogP contribution is 2.36. The Morgan fingerprint density at radius 3 is 2.56 bits per heavy atom. The Morgan fingerprint density at radius 1 is 0.930 bits per heavy atom. The molecule has 0 radical (unpaired) electrons. The number of benzene rings is 3. The van der Waals surface area contributed by atoms with Crippen molar-refractivity contribution in [2.45, 2.75) is 26.6 Å². The topological polar surface area (TPSA) is 87.1 Å². The van der Waals surface area contributed by atoms with Crippen LogP contribution < -0.4 is 20.0 Å². The Labute approximate surface area is 249 Å². The highest BCUT2D eigenvalue weighted by molar-refractivity contribution is 6.11. The van der Waals surface area contributed by atoms with Crippen LogP contribution in [0.15, 0.2) is 79.0 Å². The third kappa shape index (κ3) is 5.37. The van der Waals surface area contributed by atoms with Gasteiger partial charge in [-0.1, -0.05) is 30.3 Å². The number of hydrogen-bond donors (Lipinski definition) is 1. The highest BCUT2D eigenvalue weighted by Gasteiger charge is 2.34. The van der Waals surface area contributed by atoms with Gasteiger partial charge in [0, 0.05) is 49.9 Å². The number of fused-ring (bicyclic) bond motifs is 3. The highest BCUT2D eigenvalue weighted by atomic mass is 19.1. The number of aryl methyl sites for hydroxylation is 1. The maximum atomic E-state index is 15.0. The van der Waals surface area contributed by atoms with Crippen molar-refractivity contribution in [3.8, 4) is 0 Å². The molecular weight excluding hydrogens is 549 g/mol. The van der Waals surface area contributed by atoms with Crippen molar-refractivity contribution >= 4 is 34.9 Å². The van der Waals surface area contributed by atoms with Crippen molar-refractivity contribution in [3.63, 3.8) is 0 Å². The van der Waals surface area contributed by atoms with Crippen molar-refractivity contribution < 1.29 is 23.5 Å². The molecular formula is C33H32FN5O4. The predicted molar refractivity (Wildman–Crippen MR) is 162 cm³/mol. The van der Waals surface area contributed by atoms with E-state index in [1.807, 2.05) is 61.7 Å². The third-order valence-electron chi connectivity index (χ3n) is 8.02. The quantitative estimate of drug-likeness (QED) is 0.353. The number of carbonyl (C=O) groups is 3. The van der Waals surface area contributed by atoms with Crippen LogP contribution in [0.25, 0.3) is 0 Å². The summed E-state index contributed by atoms with van der Waals surface area (Å²) in [6.45, 7) is 3.41. The molecule has 0 aliphatic carbocycles. The number of methoxy groups -OCH3 is 1. The second kappa shape index (κ2) is 11.7. The second-order valence-corrected chi connectivity index (χ2v) is 10.7. The number of urea groups is 1. The fourth-order valence-electron chi connectivity index (χ4n) is 5.74. The summed E-state index contributed by atoms with van der Waals surface area (Å²) in [5.74, 6) is -1.03. The van der Waals surface area contributed by atoms with E-state index in [0.717, 1.165) is 33.0 Å². The summed E-state index contributed by atoms with van der Waals surface area (Å²) < 4.78 is 22.2. The van der Waals surface area contributed by atoms with Crippen LogP contribution in [0.2, 0.25) is 0 Å². The first-order valence-electron chi connectivity index (χ1n) is 14.1. The minimum Gasteiger partial charge on any atom is -0.383 e. The summed E-state index contributed by atoms with van der Waals surface area (Å²) in [6.07, 6.45) is 2.03. The molecule has 6 rings (SSSR count). The lowest BCUT2D eigenvalue weighted by Gasteiger charge is -2.36. The molecule has 43 heavy (non-hydrogen) atoms. The molecule has 3 aromatic carbocycles. The number of nitrogens with one attached hydrogen (secondary N) is 1. The zero-order valence-corrected chi connectivity index (χ0v) is 24.0. The molecule has 3 heterocycles. The van der Waals surface area contributed by atoms with Gasteiger partial charge in [0.1, 0.15) is 18.0 Å². The van der Waals surface area contributed by atoms with Gasteiger partial charge < -0.3 is 24.4 Å². The van der Waals surface area contributed by atoms with Crippen LogP contribution in [0, 0.1) is 12.7 Å². The van der Waals surface area contributed by atoms with Gasteiger partial charge in [0.05, 0.1) is 18.8 Å². The molecule has 0 unspecified atom stereocenters. The summed E-state index contributed by atoms with van der Waals surface area (Å²) in [7, 11) is 1.53. The number of rotatable bonds is 6. The summed E-state index contributed by atoms with van der Waals surface area (Å²) in [5, 5.41) is 2.82. The largest absolute Gasteiger partial charge is 0.383 e. The monoisotopic (exact) mass is 581 g/mol. The molecule has 0 saturated carbocycles. The number of anilines is 3. The van der Waals surface area contributed by atoms with Crippen LogP contribution in [0.4, 0.5) is 26.2 Å². The molecule has 0 saturated heterocycles. The molecule has 0 fully saturated rings.